The number of hydrazine groups is 1. The Morgan fingerprint density at radius 2 is 1.77 bits per heavy atom. The molecule has 0 radical (unpaired) electrons. The highest BCUT2D eigenvalue weighted by atomic mass is 19.1. The number of carbonyl (C=O) groups excluding carboxylic acids is 2. The van der Waals surface area contributed by atoms with Crippen molar-refractivity contribution in [1.82, 2.24) is 15.8 Å². The number of nitrogens with zero attached hydrogens (tertiary/aromatic N) is 1. The van der Waals surface area contributed by atoms with E-state index < -0.39 is 23.4 Å². The van der Waals surface area contributed by atoms with Gasteiger partial charge in [0, 0.05) is 12.1 Å². The van der Waals surface area contributed by atoms with Gasteiger partial charge in [0.15, 0.2) is 11.6 Å². The second-order valence-corrected chi connectivity index (χ2v) is 5.65. The fourth-order valence-electron chi connectivity index (χ4n) is 2.26. The summed E-state index contributed by atoms with van der Waals surface area (Å²) in [6.45, 7) is 0.317. The van der Waals surface area contributed by atoms with Crippen molar-refractivity contribution in [2.24, 2.45) is 0 Å². The minimum absolute atomic E-state index is 0.0165. The topological polar surface area (TPSA) is 70.7 Å². The monoisotopic (exact) mass is 363 g/mol. The first-order valence-electron chi connectivity index (χ1n) is 7.74. The molecule has 0 aliphatic heterocycles. The van der Waals surface area contributed by atoms with E-state index in [4.69, 9.17) is 4.74 Å². The van der Waals surface area contributed by atoms with E-state index in [0.29, 0.717) is 12.1 Å². The van der Waals surface area contributed by atoms with Gasteiger partial charge in [-0.2, -0.15) is 0 Å². The summed E-state index contributed by atoms with van der Waals surface area (Å²) < 4.78 is 31.3. The van der Waals surface area contributed by atoms with E-state index >= 15 is 0 Å². The van der Waals surface area contributed by atoms with Crippen molar-refractivity contribution in [3.05, 3.63) is 65.2 Å². The van der Waals surface area contributed by atoms with Gasteiger partial charge in [-0.3, -0.25) is 25.3 Å². The number of hydrogen-bond acceptors (Lipinski definition) is 4. The Hall–Kier alpha value is -3.00. The van der Waals surface area contributed by atoms with Crippen molar-refractivity contribution in [2.45, 2.75) is 6.54 Å². The first-order chi connectivity index (χ1) is 12.4. The van der Waals surface area contributed by atoms with Gasteiger partial charge in [-0.25, -0.2) is 8.78 Å². The molecule has 0 spiro atoms. The maximum absolute atomic E-state index is 13.7. The molecule has 0 unspecified atom stereocenters. The SMILES string of the molecule is COc1ccc(CN(C)CC(=O)NNC(=O)c2ccc(F)cc2)cc1F. The van der Waals surface area contributed by atoms with Crippen LogP contribution < -0.4 is 15.6 Å². The predicted molar refractivity (Wildman–Crippen MR) is 91.3 cm³/mol. The fraction of sp³-hybridized carbons (Fsp3) is 0.222. The average Bonchev–Trinajstić information content (AvgIpc) is 2.60. The first-order valence-corrected chi connectivity index (χ1v) is 7.74. The third-order valence-corrected chi connectivity index (χ3v) is 3.50. The lowest BCUT2D eigenvalue weighted by molar-refractivity contribution is -0.122. The van der Waals surface area contributed by atoms with Gasteiger partial charge in [0.05, 0.1) is 13.7 Å². The van der Waals surface area contributed by atoms with E-state index in [1.165, 1.54) is 31.4 Å². The number of ether oxygens (including phenoxy) is 1. The molecule has 8 heteroatoms. The Morgan fingerprint density at radius 3 is 2.38 bits per heavy atom. The van der Waals surface area contributed by atoms with Crippen LogP contribution in [0.4, 0.5) is 8.78 Å². The molecule has 0 atom stereocenters. The number of likely N-dealkylation sites (N-methyl/N-ethyl adjacent to an activating group) is 1. The summed E-state index contributed by atoms with van der Waals surface area (Å²) in [7, 11) is 3.07. The number of methoxy groups -OCH3 is 1. The standard InChI is InChI=1S/C18H19F2N3O3/c1-23(10-12-3-8-16(26-2)15(20)9-12)11-17(24)21-22-18(25)13-4-6-14(19)7-5-13/h3-9H,10-11H2,1-2H3,(H,21,24)(H,22,25). The number of amides is 2. The van der Waals surface area contributed by atoms with Crippen LogP contribution in [0.1, 0.15) is 15.9 Å². The maximum atomic E-state index is 13.7. The summed E-state index contributed by atoms with van der Waals surface area (Å²) in [5, 5.41) is 0. The lowest BCUT2D eigenvalue weighted by atomic mass is 10.2. The second kappa shape index (κ2) is 8.91. The Bertz CT molecular complexity index is 782. The van der Waals surface area contributed by atoms with E-state index in [1.807, 2.05) is 0 Å². The molecule has 2 rings (SSSR count). The number of halogens is 2. The van der Waals surface area contributed by atoms with Gasteiger partial charge in [0.25, 0.3) is 11.8 Å². The van der Waals surface area contributed by atoms with Gasteiger partial charge < -0.3 is 4.74 Å². The molecule has 138 valence electrons. The minimum atomic E-state index is -0.557. The molecule has 0 fully saturated rings. The van der Waals surface area contributed by atoms with Crippen molar-refractivity contribution in [3.63, 3.8) is 0 Å². The highest BCUT2D eigenvalue weighted by molar-refractivity contribution is 5.95. The van der Waals surface area contributed by atoms with Crippen molar-refractivity contribution in [3.8, 4) is 5.75 Å². The molecule has 2 aromatic carbocycles. The summed E-state index contributed by atoms with van der Waals surface area (Å²) in [6.07, 6.45) is 0. The van der Waals surface area contributed by atoms with Crippen molar-refractivity contribution < 1.29 is 23.1 Å². The molecule has 6 nitrogen and oxygen atoms in total. The Kier molecular flexibility index (Phi) is 6.62. The van der Waals surface area contributed by atoms with Crippen LogP contribution in [0.2, 0.25) is 0 Å². The fourth-order valence-corrected chi connectivity index (χ4v) is 2.26. The molecular weight excluding hydrogens is 344 g/mol. The van der Waals surface area contributed by atoms with Crippen LogP contribution in [0.15, 0.2) is 42.5 Å². The number of carbonyl (C=O) groups is 2. The molecule has 0 aromatic heterocycles. The summed E-state index contributed by atoms with van der Waals surface area (Å²) in [5.41, 5.74) is 5.41. The van der Waals surface area contributed by atoms with Gasteiger partial charge in [-0.05, 0) is 49.0 Å². The zero-order valence-electron chi connectivity index (χ0n) is 14.4. The number of rotatable bonds is 6. The Morgan fingerprint density at radius 1 is 1.08 bits per heavy atom. The normalized spacial score (nSPS) is 10.5. The average molecular weight is 363 g/mol. The molecule has 0 heterocycles. The van der Waals surface area contributed by atoms with Gasteiger partial charge in [-0.15, -0.1) is 0 Å². The maximum Gasteiger partial charge on any atom is 0.269 e. The van der Waals surface area contributed by atoms with Crippen molar-refractivity contribution in [2.75, 3.05) is 20.7 Å². The molecule has 0 aliphatic carbocycles. The lowest BCUT2D eigenvalue weighted by Crippen LogP contribution is -2.45. The van der Waals surface area contributed by atoms with E-state index in [1.54, 1.807) is 18.0 Å². The molecule has 2 aromatic rings. The summed E-state index contributed by atoms with van der Waals surface area (Å²) in [6, 6.07) is 9.47. The van der Waals surface area contributed by atoms with Crippen molar-refractivity contribution >= 4 is 11.8 Å². The third-order valence-electron chi connectivity index (χ3n) is 3.50. The number of nitrogens with one attached hydrogen (secondary N) is 2. The molecule has 0 bridgehead atoms. The summed E-state index contributed by atoms with van der Waals surface area (Å²) >= 11 is 0. The van der Waals surface area contributed by atoms with Gasteiger partial charge in [0.1, 0.15) is 5.82 Å². The van der Waals surface area contributed by atoms with Gasteiger partial charge in [0.2, 0.25) is 0 Å². The van der Waals surface area contributed by atoms with Crippen LogP contribution in [-0.2, 0) is 11.3 Å². The Labute approximate surface area is 149 Å². The predicted octanol–water partition coefficient (Wildman–Crippen LogP) is 1.87. The Balaban J connectivity index is 1.80. The first kappa shape index (κ1) is 19.3. The summed E-state index contributed by atoms with van der Waals surface area (Å²) in [5.74, 6) is -1.79. The van der Waals surface area contributed by atoms with Gasteiger partial charge in [-0.1, -0.05) is 6.07 Å². The third kappa shape index (κ3) is 5.52. The highest BCUT2D eigenvalue weighted by Crippen LogP contribution is 2.18. The van der Waals surface area contributed by atoms with E-state index in [9.17, 15) is 18.4 Å². The van der Waals surface area contributed by atoms with Crippen LogP contribution in [-0.4, -0.2) is 37.4 Å². The molecule has 0 saturated carbocycles. The van der Waals surface area contributed by atoms with Crippen LogP contribution in [0.3, 0.4) is 0 Å². The molecular formula is C18H19F2N3O3. The smallest absolute Gasteiger partial charge is 0.269 e. The molecule has 26 heavy (non-hydrogen) atoms. The summed E-state index contributed by atoms with van der Waals surface area (Å²) in [4.78, 5) is 25.4. The molecule has 0 aliphatic rings. The minimum Gasteiger partial charge on any atom is -0.494 e. The zero-order chi connectivity index (χ0) is 19.1. The van der Waals surface area contributed by atoms with Crippen molar-refractivity contribution in [1.29, 1.82) is 0 Å². The largest absolute Gasteiger partial charge is 0.494 e. The van der Waals surface area contributed by atoms with E-state index in [0.717, 1.165) is 12.1 Å². The van der Waals surface area contributed by atoms with Crippen LogP contribution in [0, 0.1) is 11.6 Å². The van der Waals surface area contributed by atoms with Crippen LogP contribution in [0.5, 0.6) is 5.75 Å². The highest BCUT2D eigenvalue weighted by Gasteiger charge is 2.11. The zero-order valence-corrected chi connectivity index (χ0v) is 14.4. The molecule has 2 amide bonds. The van der Waals surface area contributed by atoms with E-state index in [2.05, 4.69) is 10.9 Å². The van der Waals surface area contributed by atoms with Crippen LogP contribution in [0.25, 0.3) is 0 Å². The van der Waals surface area contributed by atoms with E-state index in [-0.39, 0.29) is 17.9 Å². The lowest BCUT2D eigenvalue weighted by Gasteiger charge is -2.17. The quantitative estimate of drug-likeness (QED) is 0.769. The molecule has 0 saturated heterocycles. The number of benzene rings is 2. The van der Waals surface area contributed by atoms with Crippen LogP contribution >= 0.6 is 0 Å². The molecule has 2 N–H and O–H groups in total. The van der Waals surface area contributed by atoms with Gasteiger partial charge >= 0.3 is 0 Å². The number of hydrogen-bond donors (Lipinski definition) is 2. The second-order valence-electron chi connectivity index (χ2n) is 5.65.